The van der Waals surface area contributed by atoms with Gasteiger partial charge in [-0.25, -0.2) is 0 Å². The van der Waals surface area contributed by atoms with Crippen LogP contribution in [0.25, 0.3) is 10.8 Å². The molecule has 1 aliphatic carbocycles. The number of fused-ring (bicyclic) bond motifs is 1. The number of carbonyl (C=O) groups excluding carboxylic acids is 3. The summed E-state index contributed by atoms with van der Waals surface area (Å²) in [6.45, 7) is 3.76. The van der Waals surface area contributed by atoms with Gasteiger partial charge >= 0.3 is 5.97 Å². The fraction of sp³-hybridized carbons (Fsp3) is 0.458. The van der Waals surface area contributed by atoms with Crippen LogP contribution in [-0.2, 0) is 25.5 Å². The maximum atomic E-state index is 12.2. The second-order valence-corrected chi connectivity index (χ2v) is 8.19. The Morgan fingerprint density at radius 3 is 2.60 bits per heavy atom. The third-order valence-corrected chi connectivity index (χ3v) is 6.08. The van der Waals surface area contributed by atoms with Gasteiger partial charge in [0.2, 0.25) is 5.91 Å². The molecule has 6 heteroatoms. The van der Waals surface area contributed by atoms with Crippen molar-refractivity contribution >= 4 is 28.6 Å². The molecule has 2 aromatic carbocycles. The number of nitrogens with one attached hydrogen (secondary N) is 2. The zero-order chi connectivity index (χ0) is 21.5. The first-order chi connectivity index (χ1) is 14.4. The van der Waals surface area contributed by atoms with E-state index >= 15 is 0 Å². The van der Waals surface area contributed by atoms with Crippen LogP contribution in [0.1, 0.15) is 38.7 Å². The first-order valence-corrected chi connectivity index (χ1v) is 10.6. The Labute approximate surface area is 177 Å². The van der Waals surface area contributed by atoms with Gasteiger partial charge in [0.25, 0.3) is 5.91 Å². The van der Waals surface area contributed by atoms with Crippen LogP contribution in [0.5, 0.6) is 0 Å². The first kappa shape index (κ1) is 21.8. The lowest BCUT2D eigenvalue weighted by atomic mass is 9.78. The number of benzene rings is 2. The largest absolute Gasteiger partial charge is 0.454 e. The van der Waals surface area contributed by atoms with Gasteiger partial charge in [-0.15, -0.1) is 0 Å². The highest BCUT2D eigenvalue weighted by molar-refractivity contribution is 5.91. The lowest BCUT2D eigenvalue weighted by Gasteiger charge is -2.34. The van der Waals surface area contributed by atoms with Crippen molar-refractivity contribution in [1.82, 2.24) is 10.6 Å². The second-order valence-electron chi connectivity index (χ2n) is 8.19. The number of esters is 1. The molecule has 2 amide bonds. The van der Waals surface area contributed by atoms with Crippen LogP contribution in [0.15, 0.2) is 42.5 Å². The summed E-state index contributed by atoms with van der Waals surface area (Å²) < 4.78 is 5.01. The molecule has 0 spiro atoms. The zero-order valence-electron chi connectivity index (χ0n) is 17.6. The molecule has 1 fully saturated rings. The van der Waals surface area contributed by atoms with Gasteiger partial charge in [-0.1, -0.05) is 69.2 Å². The highest BCUT2D eigenvalue weighted by Gasteiger charge is 2.28. The molecule has 3 atom stereocenters. The van der Waals surface area contributed by atoms with Crippen molar-refractivity contribution in [3.8, 4) is 0 Å². The minimum absolute atomic E-state index is 0.125. The molecule has 0 radical (unpaired) electrons. The third kappa shape index (κ3) is 5.81. The van der Waals surface area contributed by atoms with E-state index in [1.165, 1.54) is 6.42 Å². The molecular formula is C24H30N2O4. The molecule has 6 nitrogen and oxygen atoms in total. The van der Waals surface area contributed by atoms with Crippen molar-refractivity contribution in [2.45, 2.75) is 45.6 Å². The van der Waals surface area contributed by atoms with Crippen molar-refractivity contribution in [2.75, 3.05) is 13.2 Å². The van der Waals surface area contributed by atoms with Crippen LogP contribution in [0.3, 0.4) is 0 Å². The molecule has 0 heterocycles. The third-order valence-electron chi connectivity index (χ3n) is 6.08. The van der Waals surface area contributed by atoms with E-state index in [0.717, 1.165) is 29.2 Å². The summed E-state index contributed by atoms with van der Waals surface area (Å²) in [7, 11) is 0. The summed E-state index contributed by atoms with van der Waals surface area (Å²) in [5.74, 6) is -0.203. The monoisotopic (exact) mass is 410 g/mol. The van der Waals surface area contributed by atoms with Gasteiger partial charge in [0, 0.05) is 6.04 Å². The number of rotatable bonds is 7. The summed E-state index contributed by atoms with van der Waals surface area (Å²) in [4.78, 5) is 36.2. The smallest absolute Gasteiger partial charge is 0.325 e. The lowest BCUT2D eigenvalue weighted by molar-refractivity contribution is -0.148. The van der Waals surface area contributed by atoms with Gasteiger partial charge in [-0.3, -0.25) is 14.4 Å². The minimum atomic E-state index is -0.624. The number of hydrogen-bond donors (Lipinski definition) is 2. The maximum absolute atomic E-state index is 12.2. The zero-order valence-corrected chi connectivity index (χ0v) is 17.6. The van der Waals surface area contributed by atoms with Crippen LogP contribution < -0.4 is 10.6 Å². The van der Waals surface area contributed by atoms with E-state index < -0.39 is 5.97 Å². The Kier molecular flexibility index (Phi) is 7.44. The highest BCUT2D eigenvalue weighted by atomic mass is 16.5. The van der Waals surface area contributed by atoms with Gasteiger partial charge in [-0.05, 0) is 34.6 Å². The number of amides is 2. The number of ether oxygens (including phenoxy) is 1. The molecule has 0 aliphatic heterocycles. The van der Waals surface area contributed by atoms with Gasteiger partial charge in [-0.2, -0.15) is 0 Å². The Hall–Kier alpha value is -2.89. The van der Waals surface area contributed by atoms with Crippen LogP contribution in [0.2, 0.25) is 0 Å². The number of carbonyl (C=O) groups is 3. The van der Waals surface area contributed by atoms with Crippen molar-refractivity contribution in [3.05, 3.63) is 48.0 Å². The van der Waals surface area contributed by atoms with E-state index in [0.29, 0.717) is 11.8 Å². The molecule has 0 saturated heterocycles. The molecule has 0 unspecified atom stereocenters. The first-order valence-electron chi connectivity index (χ1n) is 10.6. The Morgan fingerprint density at radius 1 is 1.00 bits per heavy atom. The van der Waals surface area contributed by atoms with Crippen molar-refractivity contribution in [1.29, 1.82) is 0 Å². The van der Waals surface area contributed by atoms with Gasteiger partial charge in [0.05, 0.1) is 6.42 Å². The maximum Gasteiger partial charge on any atom is 0.325 e. The van der Waals surface area contributed by atoms with E-state index in [1.54, 1.807) is 0 Å². The van der Waals surface area contributed by atoms with E-state index in [-0.39, 0.29) is 37.4 Å². The van der Waals surface area contributed by atoms with Crippen LogP contribution in [-0.4, -0.2) is 37.0 Å². The molecule has 0 bridgehead atoms. The SMILES string of the molecule is C[C@@H]1[C@@H](C)CCC[C@H]1NC(=O)COC(=O)CNC(=O)Cc1cccc2ccccc12. The number of hydrogen-bond acceptors (Lipinski definition) is 4. The van der Waals surface area contributed by atoms with Gasteiger partial charge in [0.15, 0.2) is 6.61 Å². The molecule has 160 valence electrons. The molecular weight excluding hydrogens is 380 g/mol. The van der Waals surface area contributed by atoms with Crippen LogP contribution in [0, 0.1) is 11.8 Å². The normalized spacial score (nSPS) is 21.1. The quantitative estimate of drug-likeness (QED) is 0.688. The highest BCUT2D eigenvalue weighted by Crippen LogP contribution is 2.29. The topological polar surface area (TPSA) is 84.5 Å². The van der Waals surface area contributed by atoms with E-state index in [4.69, 9.17) is 4.74 Å². The summed E-state index contributed by atoms with van der Waals surface area (Å²) in [6, 6.07) is 13.8. The average Bonchev–Trinajstić information content (AvgIpc) is 2.74. The van der Waals surface area contributed by atoms with Crippen LogP contribution in [0.4, 0.5) is 0 Å². The molecule has 30 heavy (non-hydrogen) atoms. The van der Waals surface area contributed by atoms with E-state index in [9.17, 15) is 14.4 Å². The van der Waals surface area contributed by atoms with Crippen LogP contribution >= 0.6 is 0 Å². The van der Waals surface area contributed by atoms with Crippen molar-refractivity contribution in [3.63, 3.8) is 0 Å². The van der Waals surface area contributed by atoms with Gasteiger partial charge < -0.3 is 15.4 Å². The lowest BCUT2D eigenvalue weighted by Crippen LogP contribution is -2.45. The van der Waals surface area contributed by atoms with E-state index in [1.807, 2.05) is 42.5 Å². The second kappa shape index (κ2) is 10.2. The summed E-state index contributed by atoms with van der Waals surface area (Å²) in [5.41, 5.74) is 0.897. The molecule has 3 rings (SSSR count). The van der Waals surface area contributed by atoms with Crippen molar-refractivity contribution in [2.24, 2.45) is 11.8 Å². The molecule has 2 aromatic rings. The minimum Gasteiger partial charge on any atom is -0.454 e. The summed E-state index contributed by atoms with van der Waals surface area (Å²) in [6.07, 6.45) is 3.41. The van der Waals surface area contributed by atoms with Crippen molar-refractivity contribution < 1.29 is 19.1 Å². The predicted molar refractivity (Wildman–Crippen MR) is 116 cm³/mol. The fourth-order valence-electron chi connectivity index (χ4n) is 4.08. The average molecular weight is 411 g/mol. The van der Waals surface area contributed by atoms with E-state index in [2.05, 4.69) is 24.5 Å². The molecule has 1 saturated carbocycles. The molecule has 1 aliphatic rings. The Balaban J connectivity index is 1.40. The Morgan fingerprint density at radius 2 is 1.77 bits per heavy atom. The standard InChI is InChI=1S/C24H30N2O4/c1-16-7-5-12-21(17(16)2)26-23(28)15-30-24(29)14-25-22(27)13-19-10-6-9-18-8-3-4-11-20(18)19/h3-4,6,8-11,16-17,21H,5,7,12-15H2,1-2H3,(H,25,27)(H,26,28)/t16-,17+,21+/m0/s1. The fourth-order valence-corrected chi connectivity index (χ4v) is 4.08. The van der Waals surface area contributed by atoms with Gasteiger partial charge in [0.1, 0.15) is 6.54 Å². The summed E-state index contributed by atoms with van der Waals surface area (Å²) in [5, 5.41) is 7.61. The predicted octanol–water partition coefficient (Wildman–Crippen LogP) is 2.98. The Bertz CT molecular complexity index is 906. The molecule has 0 aromatic heterocycles. The molecule has 2 N–H and O–H groups in total. The summed E-state index contributed by atoms with van der Waals surface area (Å²) >= 11 is 0.